The largest absolute Gasteiger partial charge is 0.504 e. The molecular weight excluding hydrogens is 672 g/mol. The van der Waals surface area contributed by atoms with E-state index in [0.717, 1.165) is 0 Å². The number of phenolic OH excluding ortho intramolecular Hbond substituents is 2. The fourth-order valence-electron chi connectivity index (χ4n) is 4.43. The lowest BCUT2D eigenvalue weighted by Gasteiger charge is -2.11. The fourth-order valence-corrected chi connectivity index (χ4v) is 4.43. The van der Waals surface area contributed by atoms with E-state index in [2.05, 4.69) is 9.78 Å². The lowest BCUT2D eigenvalue weighted by atomic mass is 9.92. The molecule has 0 aromatic heterocycles. The number of carbonyl (C=O) groups is 5. The molecule has 12 heteroatoms. The van der Waals surface area contributed by atoms with Crippen LogP contribution in [0.3, 0.4) is 0 Å². The van der Waals surface area contributed by atoms with Crippen LogP contribution < -0.4 is 9.47 Å². The summed E-state index contributed by atoms with van der Waals surface area (Å²) in [7, 11) is 2.82. The molecule has 4 rings (SSSR count). The minimum Gasteiger partial charge on any atom is -0.504 e. The van der Waals surface area contributed by atoms with Gasteiger partial charge in [0.2, 0.25) is 0 Å². The number of hydrogen-bond acceptors (Lipinski definition) is 12. The highest BCUT2D eigenvalue weighted by Crippen LogP contribution is 2.28. The van der Waals surface area contributed by atoms with Gasteiger partial charge in [0.15, 0.2) is 34.6 Å². The number of esters is 1. The second-order valence-corrected chi connectivity index (χ2v) is 10.7. The minimum absolute atomic E-state index is 0.0109. The zero-order valence-electron chi connectivity index (χ0n) is 28.7. The smallest absolute Gasteiger partial charge is 0.386 e. The first-order valence-electron chi connectivity index (χ1n) is 15.9. The first kappa shape index (κ1) is 39.7. The van der Waals surface area contributed by atoms with Crippen LogP contribution in [-0.2, 0) is 28.9 Å². The number of hydrogen-bond donors (Lipinski definition) is 2. The number of methoxy groups -OCH3 is 2. The molecule has 270 valence electrons. The van der Waals surface area contributed by atoms with Gasteiger partial charge in [-0.15, -0.1) is 0 Å². The number of phenols is 2. The topological polar surface area (TPSA) is 172 Å². The van der Waals surface area contributed by atoms with Gasteiger partial charge in [0.25, 0.3) is 0 Å². The quantitative estimate of drug-likeness (QED) is 0.0476. The zero-order valence-corrected chi connectivity index (χ0v) is 28.7. The maximum atomic E-state index is 12.9. The van der Waals surface area contributed by atoms with Crippen molar-refractivity contribution in [2.24, 2.45) is 5.92 Å². The summed E-state index contributed by atoms with van der Waals surface area (Å²) in [5.74, 6) is -3.53. The van der Waals surface area contributed by atoms with E-state index in [1.165, 1.54) is 50.7 Å². The SMILES string of the molecule is CCOC(=O)CCC(C(=O)/C=C/c1ccc(O)c(OC)c1)C(=O)/C=C/c1ccc(O)c(OC)c1.O=C(OOC(=O)c1ccccc1)c1ccccc1. The molecule has 0 spiro atoms. The molecule has 4 aromatic rings. The van der Waals surface area contributed by atoms with Crippen LogP contribution in [0.4, 0.5) is 0 Å². The van der Waals surface area contributed by atoms with Crippen LogP contribution in [-0.4, -0.2) is 60.5 Å². The third-order valence-electron chi connectivity index (χ3n) is 7.13. The summed E-state index contributed by atoms with van der Waals surface area (Å²) < 4.78 is 15.0. The van der Waals surface area contributed by atoms with Crippen molar-refractivity contribution < 1.29 is 58.2 Å². The number of allylic oxidation sites excluding steroid dienone is 2. The van der Waals surface area contributed by atoms with Gasteiger partial charge in [-0.25, -0.2) is 19.4 Å². The Bertz CT molecular complexity index is 1750. The summed E-state index contributed by atoms with van der Waals surface area (Å²) in [6, 6.07) is 25.7. The van der Waals surface area contributed by atoms with E-state index >= 15 is 0 Å². The summed E-state index contributed by atoms with van der Waals surface area (Å²) in [5, 5.41) is 19.4. The first-order valence-corrected chi connectivity index (χ1v) is 15.9. The molecule has 0 fully saturated rings. The van der Waals surface area contributed by atoms with Gasteiger partial charge in [0, 0.05) is 6.42 Å². The maximum absolute atomic E-state index is 12.9. The van der Waals surface area contributed by atoms with Gasteiger partial charge in [-0.2, -0.15) is 0 Å². The van der Waals surface area contributed by atoms with Gasteiger partial charge in [-0.1, -0.05) is 60.7 Å². The van der Waals surface area contributed by atoms with Crippen LogP contribution in [0.1, 0.15) is 51.6 Å². The van der Waals surface area contributed by atoms with Gasteiger partial charge < -0.3 is 24.4 Å². The molecule has 0 saturated carbocycles. The number of ketones is 2. The lowest BCUT2D eigenvalue weighted by Crippen LogP contribution is -2.22. The molecule has 0 radical (unpaired) electrons. The van der Waals surface area contributed by atoms with E-state index in [4.69, 9.17) is 14.2 Å². The monoisotopic (exact) mass is 710 g/mol. The van der Waals surface area contributed by atoms with E-state index in [1.807, 2.05) is 0 Å². The molecule has 0 bridgehead atoms. The Balaban J connectivity index is 0.000000338. The molecule has 0 aliphatic heterocycles. The van der Waals surface area contributed by atoms with Crippen molar-refractivity contribution in [2.45, 2.75) is 19.8 Å². The highest BCUT2D eigenvalue weighted by atomic mass is 17.2. The Morgan fingerprint density at radius 3 is 1.44 bits per heavy atom. The summed E-state index contributed by atoms with van der Waals surface area (Å²) >= 11 is 0. The van der Waals surface area contributed by atoms with E-state index in [0.29, 0.717) is 22.3 Å². The van der Waals surface area contributed by atoms with Crippen molar-refractivity contribution in [1.82, 2.24) is 0 Å². The van der Waals surface area contributed by atoms with Crippen molar-refractivity contribution >= 4 is 41.6 Å². The lowest BCUT2D eigenvalue weighted by molar-refractivity contribution is -0.187. The molecule has 0 aliphatic rings. The average molecular weight is 711 g/mol. The minimum atomic E-state index is -1.09. The van der Waals surface area contributed by atoms with E-state index in [9.17, 15) is 34.2 Å². The predicted molar refractivity (Wildman–Crippen MR) is 190 cm³/mol. The Kier molecular flexibility index (Phi) is 15.8. The van der Waals surface area contributed by atoms with Crippen LogP contribution in [0.2, 0.25) is 0 Å². The molecule has 4 aromatic carbocycles. The van der Waals surface area contributed by atoms with Crippen molar-refractivity contribution in [3.05, 3.63) is 131 Å². The number of benzene rings is 4. The zero-order chi connectivity index (χ0) is 37.9. The Morgan fingerprint density at radius 2 is 1.06 bits per heavy atom. The average Bonchev–Trinajstić information content (AvgIpc) is 3.17. The van der Waals surface area contributed by atoms with Crippen LogP contribution in [0.25, 0.3) is 12.2 Å². The summed E-state index contributed by atoms with van der Waals surface area (Å²) in [6.45, 7) is 1.88. The number of carbonyl (C=O) groups excluding carboxylic acids is 5. The number of rotatable bonds is 14. The van der Waals surface area contributed by atoms with E-state index in [-0.39, 0.29) is 42.4 Å². The first-order chi connectivity index (χ1) is 25.1. The van der Waals surface area contributed by atoms with Gasteiger partial charge in [0.1, 0.15) is 0 Å². The Morgan fingerprint density at radius 1 is 0.635 bits per heavy atom. The third-order valence-corrected chi connectivity index (χ3v) is 7.13. The van der Waals surface area contributed by atoms with Gasteiger partial charge in [-0.05, 0) is 85.2 Å². The van der Waals surface area contributed by atoms with E-state index in [1.54, 1.807) is 91.9 Å². The molecule has 0 unspecified atom stereocenters. The van der Waals surface area contributed by atoms with Crippen molar-refractivity contribution in [3.63, 3.8) is 0 Å². The summed E-state index contributed by atoms with van der Waals surface area (Å²) in [5.41, 5.74) is 1.81. The normalized spacial score (nSPS) is 10.6. The standard InChI is InChI=1S/C26H28O8.C14H10O4/c1-4-34-26(31)14-9-19(20(27)10-5-17-7-12-22(29)24(15-17)32-2)21(28)11-6-18-8-13-23(30)25(16-18)33-3;15-13(11-7-3-1-4-8-11)17-18-14(16)12-9-5-2-6-10-12/h5-8,10-13,15-16,19,29-30H,4,9,14H2,1-3H3;1-10H/b10-5+,11-6+;. The second kappa shape index (κ2) is 20.7. The molecule has 0 atom stereocenters. The van der Waals surface area contributed by atoms with E-state index < -0.39 is 35.4 Å². The predicted octanol–water partition coefficient (Wildman–Crippen LogP) is 6.55. The summed E-state index contributed by atoms with van der Waals surface area (Å²) in [6.07, 6.45) is 5.43. The number of ether oxygens (including phenoxy) is 3. The third kappa shape index (κ3) is 12.6. The van der Waals surface area contributed by atoms with Crippen molar-refractivity contribution in [3.8, 4) is 23.0 Å². The van der Waals surface area contributed by atoms with Crippen LogP contribution in [0.15, 0.2) is 109 Å². The summed E-state index contributed by atoms with van der Waals surface area (Å²) in [4.78, 5) is 69.4. The Labute approximate surface area is 300 Å². The van der Waals surface area contributed by atoms with Gasteiger partial charge in [0.05, 0.1) is 37.9 Å². The highest BCUT2D eigenvalue weighted by molar-refractivity contribution is 6.13. The highest BCUT2D eigenvalue weighted by Gasteiger charge is 2.24. The van der Waals surface area contributed by atoms with Crippen molar-refractivity contribution in [2.75, 3.05) is 20.8 Å². The maximum Gasteiger partial charge on any atom is 0.386 e. The molecule has 0 aliphatic carbocycles. The van der Waals surface area contributed by atoms with Gasteiger partial charge >= 0.3 is 17.9 Å². The van der Waals surface area contributed by atoms with Crippen LogP contribution in [0.5, 0.6) is 23.0 Å². The van der Waals surface area contributed by atoms with Gasteiger partial charge in [-0.3, -0.25) is 14.4 Å². The van der Waals surface area contributed by atoms with Crippen LogP contribution in [0, 0.1) is 5.92 Å². The molecule has 0 saturated heterocycles. The Hall–Kier alpha value is -6.69. The van der Waals surface area contributed by atoms with Crippen molar-refractivity contribution in [1.29, 1.82) is 0 Å². The second-order valence-electron chi connectivity index (χ2n) is 10.7. The van der Waals surface area contributed by atoms with Crippen LogP contribution >= 0.6 is 0 Å². The fraction of sp³-hybridized carbons (Fsp3) is 0.175. The molecule has 2 N–H and O–H groups in total. The molecule has 52 heavy (non-hydrogen) atoms. The molecule has 12 nitrogen and oxygen atoms in total. The molecule has 0 amide bonds. The molecule has 0 heterocycles. The molecular formula is C40H38O12. The number of aromatic hydroxyl groups is 2.